The molecule has 0 N–H and O–H groups in total. The second-order valence-corrected chi connectivity index (χ2v) is 11.8. The van der Waals surface area contributed by atoms with Gasteiger partial charge in [-0.25, -0.2) is 8.42 Å². The number of hydrogen-bond donors (Lipinski definition) is 0. The van der Waals surface area contributed by atoms with Gasteiger partial charge in [-0.3, -0.25) is 9.69 Å². The minimum atomic E-state index is -3.57. The van der Waals surface area contributed by atoms with E-state index in [2.05, 4.69) is 24.0 Å². The number of piperazine rings is 1. The van der Waals surface area contributed by atoms with Crippen molar-refractivity contribution in [3.8, 4) is 0 Å². The summed E-state index contributed by atoms with van der Waals surface area (Å²) in [7, 11) is -3.57. The zero-order valence-corrected chi connectivity index (χ0v) is 21.3. The lowest BCUT2D eigenvalue weighted by molar-refractivity contribution is 0.0599. The van der Waals surface area contributed by atoms with Crippen molar-refractivity contribution < 1.29 is 17.6 Å². The van der Waals surface area contributed by atoms with Crippen LogP contribution in [0.2, 0.25) is 0 Å². The SMILES string of the molecule is Cc1c(C(=O)N2CCN(Cc3ccccc3)CC2)oc2ccc(S(=O)(=O)N3CCC(C)CC3)cc12. The molecule has 0 bridgehead atoms. The van der Waals surface area contributed by atoms with Crippen molar-refractivity contribution in [2.24, 2.45) is 5.92 Å². The third kappa shape index (κ3) is 4.87. The summed E-state index contributed by atoms with van der Waals surface area (Å²) >= 11 is 0. The predicted molar refractivity (Wildman–Crippen MR) is 136 cm³/mol. The maximum absolute atomic E-state index is 13.3. The van der Waals surface area contributed by atoms with Gasteiger partial charge >= 0.3 is 0 Å². The van der Waals surface area contributed by atoms with Gasteiger partial charge in [0.15, 0.2) is 5.76 Å². The van der Waals surface area contributed by atoms with E-state index >= 15 is 0 Å². The molecule has 2 fully saturated rings. The molecular weight excluding hydrogens is 462 g/mol. The van der Waals surface area contributed by atoms with E-state index in [-0.39, 0.29) is 10.8 Å². The average Bonchev–Trinajstić information content (AvgIpc) is 3.21. The van der Waals surface area contributed by atoms with Gasteiger partial charge in [0.2, 0.25) is 10.0 Å². The molecule has 2 aliphatic heterocycles. The highest BCUT2D eigenvalue weighted by Gasteiger charge is 2.30. The lowest BCUT2D eigenvalue weighted by Gasteiger charge is -2.34. The molecule has 7 nitrogen and oxygen atoms in total. The zero-order valence-electron chi connectivity index (χ0n) is 20.4. The van der Waals surface area contributed by atoms with Crippen LogP contribution in [-0.4, -0.2) is 67.7 Å². The summed E-state index contributed by atoms with van der Waals surface area (Å²) in [6.45, 7) is 8.84. The molecule has 0 atom stereocenters. The normalized spacial score (nSPS) is 18.9. The van der Waals surface area contributed by atoms with Gasteiger partial charge in [-0.2, -0.15) is 4.31 Å². The molecular formula is C27H33N3O4S. The number of sulfonamides is 1. The summed E-state index contributed by atoms with van der Waals surface area (Å²) in [6, 6.07) is 15.3. The summed E-state index contributed by atoms with van der Waals surface area (Å²) in [4.78, 5) is 17.7. The fourth-order valence-electron chi connectivity index (χ4n) is 5.03. The van der Waals surface area contributed by atoms with Gasteiger partial charge in [-0.1, -0.05) is 37.3 Å². The molecule has 8 heteroatoms. The highest BCUT2D eigenvalue weighted by Crippen LogP contribution is 2.31. The van der Waals surface area contributed by atoms with E-state index in [1.165, 1.54) is 5.56 Å². The van der Waals surface area contributed by atoms with Crippen LogP contribution in [0.15, 0.2) is 57.8 Å². The molecule has 2 aliphatic rings. The highest BCUT2D eigenvalue weighted by atomic mass is 32.2. The number of piperidine rings is 1. The molecule has 3 aromatic rings. The Morgan fingerprint density at radius 1 is 0.971 bits per heavy atom. The summed E-state index contributed by atoms with van der Waals surface area (Å²) in [6.07, 6.45) is 1.76. The maximum Gasteiger partial charge on any atom is 0.289 e. The third-order valence-corrected chi connectivity index (χ3v) is 9.29. The van der Waals surface area contributed by atoms with E-state index in [0.29, 0.717) is 54.4 Å². The molecule has 35 heavy (non-hydrogen) atoms. The molecule has 1 amide bonds. The Bertz CT molecular complexity index is 1300. The summed E-state index contributed by atoms with van der Waals surface area (Å²) in [5, 5.41) is 0.683. The second kappa shape index (κ2) is 9.76. The van der Waals surface area contributed by atoms with Crippen molar-refractivity contribution >= 4 is 26.9 Å². The van der Waals surface area contributed by atoms with Crippen LogP contribution in [0.1, 0.15) is 41.4 Å². The van der Waals surface area contributed by atoms with E-state index in [4.69, 9.17) is 4.42 Å². The summed E-state index contributed by atoms with van der Waals surface area (Å²) in [5.41, 5.74) is 2.51. The van der Waals surface area contributed by atoms with E-state index in [1.807, 2.05) is 30.0 Å². The molecule has 2 aromatic carbocycles. The minimum Gasteiger partial charge on any atom is -0.451 e. The standard InChI is InChI=1S/C27H33N3O4S/c1-20-10-12-30(13-11-20)35(32,33)23-8-9-25-24(18-23)21(2)26(34-25)27(31)29-16-14-28(15-17-29)19-22-6-4-3-5-7-22/h3-9,18,20H,10-17,19H2,1-2H3. The number of amides is 1. The smallest absolute Gasteiger partial charge is 0.289 e. The van der Waals surface area contributed by atoms with Crippen molar-refractivity contribution in [1.82, 2.24) is 14.1 Å². The first-order valence-electron chi connectivity index (χ1n) is 12.4. The van der Waals surface area contributed by atoms with Gasteiger partial charge in [-0.05, 0) is 49.4 Å². The van der Waals surface area contributed by atoms with E-state index < -0.39 is 10.0 Å². The highest BCUT2D eigenvalue weighted by molar-refractivity contribution is 7.89. The fraction of sp³-hybridized carbons (Fsp3) is 0.444. The Hall–Kier alpha value is -2.68. The molecule has 0 spiro atoms. The first-order valence-corrected chi connectivity index (χ1v) is 13.9. The molecule has 5 rings (SSSR count). The maximum atomic E-state index is 13.3. The fourth-order valence-corrected chi connectivity index (χ4v) is 6.53. The minimum absolute atomic E-state index is 0.132. The molecule has 3 heterocycles. The number of hydrogen-bond acceptors (Lipinski definition) is 5. The van der Waals surface area contributed by atoms with Crippen molar-refractivity contribution in [3.63, 3.8) is 0 Å². The van der Waals surface area contributed by atoms with Gasteiger partial charge in [0, 0.05) is 56.8 Å². The number of aryl methyl sites for hydroxylation is 1. The monoisotopic (exact) mass is 495 g/mol. The number of carbonyl (C=O) groups excluding carboxylic acids is 1. The van der Waals surface area contributed by atoms with Gasteiger partial charge in [-0.15, -0.1) is 0 Å². The van der Waals surface area contributed by atoms with Crippen LogP contribution in [0.4, 0.5) is 0 Å². The van der Waals surface area contributed by atoms with E-state index in [0.717, 1.165) is 32.5 Å². The van der Waals surface area contributed by atoms with Crippen LogP contribution in [-0.2, 0) is 16.6 Å². The van der Waals surface area contributed by atoms with Gasteiger partial charge in [0.25, 0.3) is 5.91 Å². The van der Waals surface area contributed by atoms with Crippen molar-refractivity contribution in [2.75, 3.05) is 39.3 Å². The third-order valence-electron chi connectivity index (χ3n) is 7.39. The number of benzene rings is 2. The first-order chi connectivity index (χ1) is 16.8. The van der Waals surface area contributed by atoms with Crippen LogP contribution in [0.5, 0.6) is 0 Å². The molecule has 0 saturated carbocycles. The van der Waals surface area contributed by atoms with Crippen molar-refractivity contribution in [2.45, 2.75) is 38.1 Å². The zero-order chi connectivity index (χ0) is 24.6. The lowest BCUT2D eigenvalue weighted by atomic mass is 10.0. The summed E-state index contributed by atoms with van der Waals surface area (Å²) < 4.78 is 34.0. The van der Waals surface area contributed by atoms with Gasteiger partial charge in [0.1, 0.15) is 5.58 Å². The Labute approximate surface area is 207 Å². The van der Waals surface area contributed by atoms with Crippen LogP contribution in [0, 0.1) is 12.8 Å². The molecule has 0 radical (unpaired) electrons. The summed E-state index contributed by atoms with van der Waals surface area (Å²) in [5.74, 6) is 0.721. The molecule has 0 unspecified atom stereocenters. The molecule has 2 saturated heterocycles. The Kier molecular flexibility index (Phi) is 6.70. The molecule has 1 aromatic heterocycles. The van der Waals surface area contributed by atoms with Crippen LogP contribution < -0.4 is 0 Å². The quantitative estimate of drug-likeness (QED) is 0.532. The number of carbonyl (C=O) groups is 1. The van der Waals surface area contributed by atoms with Gasteiger partial charge in [0.05, 0.1) is 4.90 Å². The second-order valence-electron chi connectivity index (χ2n) is 9.85. The van der Waals surface area contributed by atoms with E-state index in [9.17, 15) is 13.2 Å². The largest absolute Gasteiger partial charge is 0.451 e. The Morgan fingerprint density at radius 3 is 2.34 bits per heavy atom. The van der Waals surface area contributed by atoms with E-state index in [1.54, 1.807) is 22.5 Å². The van der Waals surface area contributed by atoms with Crippen molar-refractivity contribution in [1.29, 1.82) is 0 Å². The Balaban J connectivity index is 1.30. The number of rotatable bonds is 5. The number of nitrogens with zero attached hydrogens (tertiary/aromatic N) is 3. The first kappa shape index (κ1) is 24.0. The van der Waals surface area contributed by atoms with Crippen LogP contribution >= 0.6 is 0 Å². The number of fused-ring (bicyclic) bond motifs is 1. The molecule has 186 valence electrons. The van der Waals surface area contributed by atoms with Crippen molar-refractivity contribution in [3.05, 3.63) is 65.4 Å². The predicted octanol–water partition coefficient (Wildman–Crippen LogP) is 4.12. The lowest BCUT2D eigenvalue weighted by Crippen LogP contribution is -2.48. The average molecular weight is 496 g/mol. The molecule has 0 aliphatic carbocycles. The number of furan rings is 1. The van der Waals surface area contributed by atoms with Crippen LogP contribution in [0.25, 0.3) is 11.0 Å². The Morgan fingerprint density at radius 2 is 1.66 bits per heavy atom. The van der Waals surface area contributed by atoms with Crippen LogP contribution in [0.3, 0.4) is 0 Å². The topological polar surface area (TPSA) is 74.1 Å². The van der Waals surface area contributed by atoms with Gasteiger partial charge < -0.3 is 9.32 Å².